The molecule has 1 aliphatic heterocycles. The second-order valence-electron chi connectivity index (χ2n) is 7.84. The monoisotopic (exact) mass is 428 g/mol. The summed E-state index contributed by atoms with van der Waals surface area (Å²) in [6, 6.07) is 26.6. The van der Waals surface area contributed by atoms with Crippen LogP contribution >= 0.6 is 11.3 Å². The van der Waals surface area contributed by atoms with Crippen molar-refractivity contribution in [1.82, 2.24) is 4.98 Å². The minimum absolute atomic E-state index is 0.0574. The van der Waals surface area contributed by atoms with Crippen LogP contribution in [0.1, 0.15) is 18.4 Å². The predicted octanol–water partition coefficient (Wildman–Crippen LogP) is 5.72. The molecule has 0 bridgehead atoms. The van der Waals surface area contributed by atoms with Gasteiger partial charge in [-0.15, -0.1) is 0 Å². The topological polar surface area (TPSA) is 42.4 Å². The third-order valence-electron chi connectivity index (χ3n) is 5.64. The van der Waals surface area contributed by atoms with Crippen molar-refractivity contribution in [2.75, 3.05) is 18.1 Å². The van der Waals surface area contributed by atoms with Crippen LogP contribution in [-0.2, 0) is 16.0 Å². The quantitative estimate of drug-likeness (QED) is 0.395. The van der Waals surface area contributed by atoms with Gasteiger partial charge in [-0.2, -0.15) is 0 Å². The molecule has 0 radical (unpaired) electrons. The zero-order valence-corrected chi connectivity index (χ0v) is 18.1. The van der Waals surface area contributed by atoms with Crippen molar-refractivity contribution in [1.29, 1.82) is 0 Å². The third kappa shape index (κ3) is 4.53. The molecule has 1 atom stereocenters. The molecule has 5 heteroatoms. The van der Waals surface area contributed by atoms with Crippen LogP contribution < -0.4 is 4.90 Å². The number of carbonyl (C=O) groups is 1. The highest BCUT2D eigenvalue weighted by Crippen LogP contribution is 2.30. The number of para-hydroxylation sites is 1. The molecule has 1 saturated heterocycles. The lowest BCUT2D eigenvalue weighted by atomic mass is 10.0. The molecule has 31 heavy (non-hydrogen) atoms. The summed E-state index contributed by atoms with van der Waals surface area (Å²) in [5, 5.41) is 0.752. The van der Waals surface area contributed by atoms with E-state index in [1.165, 1.54) is 5.56 Å². The number of aromatic nitrogens is 1. The van der Waals surface area contributed by atoms with Crippen LogP contribution in [0.3, 0.4) is 0 Å². The first-order valence-electron chi connectivity index (χ1n) is 10.7. The molecule has 0 saturated carbocycles. The zero-order chi connectivity index (χ0) is 21.0. The van der Waals surface area contributed by atoms with Crippen molar-refractivity contribution in [3.63, 3.8) is 0 Å². The lowest BCUT2D eigenvalue weighted by Crippen LogP contribution is -2.38. The van der Waals surface area contributed by atoms with E-state index in [4.69, 9.17) is 9.72 Å². The van der Waals surface area contributed by atoms with Crippen molar-refractivity contribution < 1.29 is 9.53 Å². The van der Waals surface area contributed by atoms with Crippen molar-refractivity contribution in [3.05, 3.63) is 84.4 Å². The van der Waals surface area contributed by atoms with Gasteiger partial charge in [0.05, 0.1) is 29.3 Å². The maximum absolute atomic E-state index is 13.4. The van der Waals surface area contributed by atoms with Crippen LogP contribution in [-0.4, -0.2) is 30.1 Å². The van der Waals surface area contributed by atoms with Gasteiger partial charge >= 0.3 is 0 Å². The number of hydrogen-bond acceptors (Lipinski definition) is 4. The summed E-state index contributed by atoms with van der Waals surface area (Å²) in [7, 11) is 0. The number of rotatable bonds is 6. The number of nitrogens with zero attached hydrogens (tertiary/aromatic N) is 2. The maximum atomic E-state index is 13.4. The van der Waals surface area contributed by atoms with Crippen molar-refractivity contribution in [3.8, 4) is 11.1 Å². The second-order valence-corrected chi connectivity index (χ2v) is 8.85. The number of thiazole rings is 1. The van der Waals surface area contributed by atoms with Crippen LogP contribution in [0.25, 0.3) is 21.3 Å². The Morgan fingerprint density at radius 3 is 2.45 bits per heavy atom. The highest BCUT2D eigenvalue weighted by atomic mass is 32.1. The van der Waals surface area contributed by atoms with Gasteiger partial charge in [-0.1, -0.05) is 78.1 Å². The SMILES string of the molecule is O=C(Cc1ccc(-c2ccccc2)cc1)N(CC1CCCO1)c1nc2ccccc2s1. The smallest absolute Gasteiger partial charge is 0.233 e. The van der Waals surface area contributed by atoms with Crippen LogP contribution in [0.2, 0.25) is 0 Å². The van der Waals surface area contributed by atoms with E-state index in [0.717, 1.165) is 45.9 Å². The van der Waals surface area contributed by atoms with Gasteiger partial charge in [-0.3, -0.25) is 9.69 Å². The van der Waals surface area contributed by atoms with Gasteiger partial charge in [0.1, 0.15) is 0 Å². The summed E-state index contributed by atoms with van der Waals surface area (Å²) < 4.78 is 6.92. The fourth-order valence-corrected chi connectivity index (χ4v) is 4.96. The largest absolute Gasteiger partial charge is 0.376 e. The number of hydrogen-bond donors (Lipinski definition) is 0. The Bertz CT molecular complexity index is 1130. The second kappa shape index (κ2) is 9.00. The summed E-state index contributed by atoms with van der Waals surface area (Å²) in [5.74, 6) is 0.0574. The molecule has 5 rings (SSSR count). The van der Waals surface area contributed by atoms with Gasteiger partial charge < -0.3 is 4.74 Å². The lowest BCUT2D eigenvalue weighted by Gasteiger charge is -2.23. The van der Waals surface area contributed by atoms with Crippen LogP contribution in [0.15, 0.2) is 78.9 Å². The van der Waals surface area contributed by atoms with E-state index in [1.54, 1.807) is 11.3 Å². The van der Waals surface area contributed by atoms with E-state index in [9.17, 15) is 4.79 Å². The first kappa shape index (κ1) is 19.9. The molecule has 4 nitrogen and oxygen atoms in total. The number of anilines is 1. The number of benzene rings is 3. The van der Waals surface area contributed by atoms with E-state index < -0.39 is 0 Å². The van der Waals surface area contributed by atoms with E-state index >= 15 is 0 Å². The van der Waals surface area contributed by atoms with Gasteiger partial charge in [-0.25, -0.2) is 4.98 Å². The summed E-state index contributed by atoms with van der Waals surface area (Å²) in [6.45, 7) is 1.33. The molecule has 1 aromatic heterocycles. The Balaban J connectivity index is 1.37. The van der Waals surface area contributed by atoms with E-state index in [2.05, 4.69) is 24.3 Å². The molecule has 156 valence electrons. The van der Waals surface area contributed by atoms with Crippen molar-refractivity contribution in [2.24, 2.45) is 0 Å². The minimum Gasteiger partial charge on any atom is -0.376 e. The highest BCUT2D eigenvalue weighted by Gasteiger charge is 2.26. The summed E-state index contributed by atoms with van der Waals surface area (Å²) in [6.07, 6.45) is 2.46. The third-order valence-corrected chi connectivity index (χ3v) is 6.70. The van der Waals surface area contributed by atoms with Gasteiger partial charge in [-0.05, 0) is 41.7 Å². The fourth-order valence-electron chi connectivity index (χ4n) is 3.97. The van der Waals surface area contributed by atoms with Crippen molar-refractivity contribution in [2.45, 2.75) is 25.4 Å². The van der Waals surface area contributed by atoms with Gasteiger partial charge in [0.2, 0.25) is 5.91 Å². The summed E-state index contributed by atoms with van der Waals surface area (Å²) in [5.41, 5.74) is 4.26. The average Bonchev–Trinajstić information content (AvgIpc) is 3.48. The van der Waals surface area contributed by atoms with E-state index in [0.29, 0.717) is 13.0 Å². The molecular weight excluding hydrogens is 404 g/mol. The van der Waals surface area contributed by atoms with E-state index in [1.807, 2.05) is 59.5 Å². The number of ether oxygens (including phenoxy) is 1. The summed E-state index contributed by atoms with van der Waals surface area (Å²) >= 11 is 1.57. The molecule has 1 amide bonds. The van der Waals surface area contributed by atoms with E-state index in [-0.39, 0.29) is 12.0 Å². The van der Waals surface area contributed by atoms with Gasteiger partial charge in [0.15, 0.2) is 5.13 Å². The molecule has 1 aliphatic rings. The van der Waals surface area contributed by atoms with Gasteiger partial charge in [0, 0.05) is 6.61 Å². The molecular formula is C26H24N2O2S. The van der Waals surface area contributed by atoms with Crippen LogP contribution in [0.4, 0.5) is 5.13 Å². The van der Waals surface area contributed by atoms with Crippen LogP contribution in [0, 0.1) is 0 Å². The molecule has 0 aliphatic carbocycles. The Hall–Kier alpha value is -3.02. The number of carbonyl (C=O) groups excluding carboxylic acids is 1. The first-order chi connectivity index (χ1) is 15.3. The Morgan fingerprint density at radius 1 is 0.968 bits per heavy atom. The molecule has 2 heterocycles. The molecule has 0 spiro atoms. The molecule has 1 fully saturated rings. The number of amides is 1. The fraction of sp³-hybridized carbons (Fsp3) is 0.231. The average molecular weight is 429 g/mol. The molecule has 3 aromatic carbocycles. The lowest BCUT2D eigenvalue weighted by molar-refractivity contribution is -0.118. The summed E-state index contributed by atoms with van der Waals surface area (Å²) in [4.78, 5) is 19.9. The maximum Gasteiger partial charge on any atom is 0.233 e. The van der Waals surface area contributed by atoms with Crippen LogP contribution in [0.5, 0.6) is 0 Å². The first-order valence-corrected chi connectivity index (χ1v) is 11.5. The normalized spacial score (nSPS) is 15.9. The standard InChI is InChI=1S/C26H24N2O2S/c29-25(17-19-12-14-21(15-13-19)20-7-2-1-3-8-20)28(18-22-9-6-16-30-22)26-27-23-10-4-5-11-24(23)31-26/h1-5,7-8,10-15,22H,6,9,16-18H2. The number of fused-ring (bicyclic) bond motifs is 1. The van der Waals surface area contributed by atoms with Crippen molar-refractivity contribution >= 4 is 32.6 Å². The Kier molecular flexibility index (Phi) is 5.78. The Labute approximate surface area is 186 Å². The molecule has 0 N–H and O–H groups in total. The molecule has 4 aromatic rings. The van der Waals surface area contributed by atoms with Gasteiger partial charge in [0.25, 0.3) is 0 Å². The highest BCUT2D eigenvalue weighted by molar-refractivity contribution is 7.22. The Morgan fingerprint density at radius 2 is 1.71 bits per heavy atom. The molecule has 1 unspecified atom stereocenters. The minimum atomic E-state index is 0.0574. The zero-order valence-electron chi connectivity index (χ0n) is 17.2. The predicted molar refractivity (Wildman–Crippen MR) is 127 cm³/mol.